The number of anilines is 2. The van der Waals surface area contributed by atoms with E-state index in [4.69, 9.17) is 11.6 Å². The molecule has 5 rings (SSSR count). The van der Waals surface area contributed by atoms with Gasteiger partial charge in [0.15, 0.2) is 0 Å². The van der Waals surface area contributed by atoms with Gasteiger partial charge in [-0.1, -0.05) is 78.0 Å². The Balaban J connectivity index is 1.47. The first-order valence-corrected chi connectivity index (χ1v) is 12.8. The van der Waals surface area contributed by atoms with E-state index >= 15 is 0 Å². The van der Waals surface area contributed by atoms with Gasteiger partial charge in [-0.15, -0.1) is 0 Å². The first kappa shape index (κ1) is 23.9. The number of rotatable bonds is 6. The van der Waals surface area contributed by atoms with Crippen LogP contribution < -0.4 is 16.0 Å². The summed E-state index contributed by atoms with van der Waals surface area (Å²) in [7, 11) is 0. The normalized spacial score (nSPS) is 16.4. The van der Waals surface area contributed by atoms with E-state index in [0.29, 0.717) is 32.7 Å². The zero-order valence-electron chi connectivity index (χ0n) is 19.4. The van der Waals surface area contributed by atoms with Crippen LogP contribution in [0.1, 0.15) is 18.4 Å². The molecule has 3 N–H and O–H groups in total. The molecule has 3 aromatic rings. The van der Waals surface area contributed by atoms with E-state index in [1.807, 2.05) is 91.9 Å². The molecule has 1 unspecified atom stereocenters. The van der Waals surface area contributed by atoms with Crippen LogP contribution in [0.4, 0.5) is 17.1 Å². The lowest BCUT2D eigenvalue weighted by Crippen LogP contribution is -2.34. The van der Waals surface area contributed by atoms with E-state index in [2.05, 4.69) is 20.9 Å². The van der Waals surface area contributed by atoms with Gasteiger partial charge in [0.1, 0.15) is 5.17 Å². The van der Waals surface area contributed by atoms with E-state index < -0.39 is 5.92 Å². The fourth-order valence-electron chi connectivity index (χ4n) is 4.31. The van der Waals surface area contributed by atoms with Crippen LogP contribution in [0.15, 0.2) is 112 Å². The zero-order valence-corrected chi connectivity index (χ0v) is 21.0. The summed E-state index contributed by atoms with van der Waals surface area (Å²) in [6.45, 7) is 1.86. The largest absolute Gasteiger partial charge is 0.353 e. The molecule has 0 aromatic heterocycles. The van der Waals surface area contributed by atoms with Crippen molar-refractivity contribution in [2.24, 2.45) is 4.99 Å². The lowest BCUT2D eigenvalue weighted by atomic mass is 9.79. The molecule has 3 aromatic carbocycles. The summed E-state index contributed by atoms with van der Waals surface area (Å²) in [6, 6.07) is 26.3. The van der Waals surface area contributed by atoms with Crippen molar-refractivity contribution >= 4 is 57.4 Å². The predicted octanol–water partition coefficient (Wildman–Crippen LogP) is 6.15. The van der Waals surface area contributed by atoms with E-state index in [1.54, 1.807) is 0 Å². The molecule has 0 saturated carbocycles. The van der Waals surface area contributed by atoms with E-state index in [9.17, 15) is 9.59 Å². The maximum atomic E-state index is 13.5. The second-order valence-electron chi connectivity index (χ2n) is 8.32. The number of dihydropyridines is 1. The molecule has 0 spiro atoms. The third-order valence-electron chi connectivity index (χ3n) is 5.90. The van der Waals surface area contributed by atoms with Crippen molar-refractivity contribution in [3.63, 3.8) is 0 Å². The molecular weight excluding hydrogens is 492 g/mol. The number of carbonyl (C=O) groups excluding carboxylic acids is 2. The van der Waals surface area contributed by atoms with Gasteiger partial charge >= 0.3 is 0 Å². The maximum Gasteiger partial charge on any atom is 0.254 e. The molecule has 0 saturated heterocycles. The molecule has 2 amide bonds. The van der Waals surface area contributed by atoms with Crippen LogP contribution >= 0.6 is 23.4 Å². The Morgan fingerprint density at radius 3 is 2.22 bits per heavy atom. The molecule has 1 atom stereocenters. The Bertz CT molecular complexity index is 1420. The van der Waals surface area contributed by atoms with Crippen molar-refractivity contribution in [3.8, 4) is 0 Å². The van der Waals surface area contributed by atoms with Gasteiger partial charge < -0.3 is 16.0 Å². The number of carbonyl (C=O) groups is 2. The number of amides is 2. The molecule has 0 fully saturated rings. The molecule has 2 aliphatic heterocycles. The average molecular weight is 515 g/mol. The smallest absolute Gasteiger partial charge is 0.254 e. The number of allylic oxidation sites excluding steroid dienone is 2. The van der Waals surface area contributed by atoms with Crippen molar-refractivity contribution in [2.45, 2.75) is 12.8 Å². The van der Waals surface area contributed by atoms with Crippen LogP contribution in [0.5, 0.6) is 0 Å². The summed E-state index contributed by atoms with van der Waals surface area (Å²) in [5, 5.41) is 10.2. The summed E-state index contributed by atoms with van der Waals surface area (Å²) in [6.07, 6.45) is 0. The van der Waals surface area contributed by atoms with Crippen molar-refractivity contribution in [3.05, 3.63) is 112 Å². The van der Waals surface area contributed by atoms with E-state index in [1.165, 1.54) is 11.8 Å². The summed E-state index contributed by atoms with van der Waals surface area (Å²) in [4.78, 5) is 30.8. The monoisotopic (exact) mass is 514 g/mol. The Morgan fingerprint density at radius 1 is 0.917 bits per heavy atom. The number of halogens is 1. The van der Waals surface area contributed by atoms with Gasteiger partial charge in [0.05, 0.1) is 16.5 Å². The summed E-state index contributed by atoms with van der Waals surface area (Å²) in [5.41, 5.74) is 5.01. The second-order valence-corrected chi connectivity index (χ2v) is 9.67. The highest BCUT2D eigenvalue weighted by Gasteiger charge is 2.39. The Labute approximate surface area is 218 Å². The van der Waals surface area contributed by atoms with Crippen molar-refractivity contribution in [1.82, 2.24) is 5.32 Å². The van der Waals surface area contributed by atoms with Crippen LogP contribution in [0.25, 0.3) is 0 Å². The average Bonchev–Trinajstić information content (AvgIpc) is 2.88. The minimum atomic E-state index is -0.421. The van der Waals surface area contributed by atoms with E-state index in [0.717, 1.165) is 16.9 Å². The molecule has 8 heteroatoms. The molecule has 2 aliphatic rings. The second kappa shape index (κ2) is 10.4. The van der Waals surface area contributed by atoms with Crippen LogP contribution in [-0.4, -0.2) is 22.7 Å². The molecule has 180 valence electrons. The van der Waals surface area contributed by atoms with Gasteiger partial charge in [0.2, 0.25) is 5.91 Å². The highest BCUT2D eigenvalue weighted by molar-refractivity contribution is 8.03. The third-order valence-corrected chi connectivity index (χ3v) is 7.20. The van der Waals surface area contributed by atoms with Gasteiger partial charge in [-0.2, -0.15) is 0 Å². The number of hydrogen-bond donors (Lipinski definition) is 3. The molecule has 0 radical (unpaired) electrons. The first-order valence-electron chi connectivity index (χ1n) is 11.4. The van der Waals surface area contributed by atoms with Gasteiger partial charge in [-0.3, -0.25) is 9.59 Å². The number of aliphatic imine (C=N–C) groups is 1. The highest BCUT2D eigenvalue weighted by atomic mass is 35.5. The van der Waals surface area contributed by atoms with Gasteiger partial charge in [-0.25, -0.2) is 4.99 Å². The molecule has 0 aliphatic carbocycles. The fraction of sp³-hybridized carbons (Fsp3) is 0.107. The van der Waals surface area contributed by atoms with Gasteiger partial charge in [0.25, 0.3) is 5.91 Å². The third kappa shape index (κ3) is 4.94. The minimum absolute atomic E-state index is 0.142. The standard InChI is InChI=1S/C28H23ClN4O2S/c1-17-23(27(35)32-19-12-6-3-7-13-19)24-20-14-8-9-15-21(20)33-26(29)25(24)28(30-17)36-16-22(34)31-18-10-4-2-5-11-18/h2-15,24,30H,16H2,1H3,(H,31,34)(H,32,35). The Kier molecular flexibility index (Phi) is 6.93. The topological polar surface area (TPSA) is 82.6 Å². The maximum absolute atomic E-state index is 13.5. The van der Waals surface area contributed by atoms with Crippen molar-refractivity contribution in [2.75, 3.05) is 16.4 Å². The molecule has 2 heterocycles. The van der Waals surface area contributed by atoms with Crippen molar-refractivity contribution < 1.29 is 9.59 Å². The van der Waals surface area contributed by atoms with Gasteiger partial charge in [0, 0.05) is 34.1 Å². The number of nitrogens with zero attached hydrogens (tertiary/aromatic N) is 1. The molecule has 6 nitrogen and oxygen atoms in total. The predicted molar refractivity (Wildman–Crippen MR) is 148 cm³/mol. The number of nitrogens with one attached hydrogen (secondary N) is 3. The Hall–Kier alpha value is -3.81. The number of hydrogen-bond acceptors (Lipinski definition) is 5. The zero-order chi connectivity index (χ0) is 25.1. The number of para-hydroxylation sites is 3. The SMILES string of the molecule is CC1=C(C(=O)Nc2ccccc2)C2C(=C(SCC(=O)Nc3ccccc3)N1)C(Cl)=Nc1ccccc12. The first-order chi connectivity index (χ1) is 17.5. The lowest BCUT2D eigenvalue weighted by Gasteiger charge is -2.34. The minimum Gasteiger partial charge on any atom is -0.353 e. The molecule has 0 bridgehead atoms. The van der Waals surface area contributed by atoms with Crippen LogP contribution in [0, 0.1) is 0 Å². The van der Waals surface area contributed by atoms with E-state index in [-0.39, 0.29) is 17.6 Å². The van der Waals surface area contributed by atoms with Crippen LogP contribution in [0.3, 0.4) is 0 Å². The fourth-order valence-corrected chi connectivity index (χ4v) is 5.61. The summed E-state index contributed by atoms with van der Waals surface area (Å²) in [5.74, 6) is -0.620. The summed E-state index contributed by atoms with van der Waals surface area (Å²) < 4.78 is 0. The number of fused-ring (bicyclic) bond motifs is 3. The lowest BCUT2D eigenvalue weighted by molar-refractivity contribution is -0.114. The molecular formula is C28H23ClN4O2S. The van der Waals surface area contributed by atoms with Crippen LogP contribution in [-0.2, 0) is 9.59 Å². The van der Waals surface area contributed by atoms with Crippen molar-refractivity contribution in [1.29, 1.82) is 0 Å². The summed E-state index contributed by atoms with van der Waals surface area (Å²) >= 11 is 8.06. The van der Waals surface area contributed by atoms with Crippen LogP contribution in [0.2, 0.25) is 0 Å². The number of thioether (sulfide) groups is 1. The molecule has 36 heavy (non-hydrogen) atoms. The Morgan fingerprint density at radius 2 is 1.53 bits per heavy atom. The quantitative estimate of drug-likeness (QED) is 0.368. The van der Waals surface area contributed by atoms with Gasteiger partial charge in [-0.05, 0) is 42.8 Å². The highest BCUT2D eigenvalue weighted by Crippen LogP contribution is 2.48. The number of benzene rings is 3.